The van der Waals surface area contributed by atoms with Gasteiger partial charge in [0.25, 0.3) is 0 Å². The average Bonchev–Trinajstić information content (AvgIpc) is 3.25. The van der Waals surface area contributed by atoms with Gasteiger partial charge in [-0.1, -0.05) is 39.0 Å². The monoisotopic (exact) mass is 475 g/mol. The third-order valence-electron chi connectivity index (χ3n) is 5.65. The molecule has 0 aliphatic carbocycles. The molecule has 0 bridgehead atoms. The highest BCUT2D eigenvalue weighted by molar-refractivity contribution is 5.99. The van der Waals surface area contributed by atoms with E-state index in [0.717, 1.165) is 16.7 Å². The number of hydrogen-bond donors (Lipinski definition) is 3. The Morgan fingerprint density at radius 3 is 2.63 bits per heavy atom. The maximum atomic E-state index is 12.6. The molecular formula is C27H29N3O5. The third-order valence-corrected chi connectivity index (χ3v) is 5.65. The van der Waals surface area contributed by atoms with E-state index in [4.69, 9.17) is 9.57 Å². The summed E-state index contributed by atoms with van der Waals surface area (Å²) < 4.78 is 5.94. The van der Waals surface area contributed by atoms with Crippen LogP contribution in [0, 0.1) is 12.3 Å². The highest BCUT2D eigenvalue weighted by atomic mass is 16.7. The Balaban J connectivity index is 1.48. The summed E-state index contributed by atoms with van der Waals surface area (Å²) in [6.07, 6.45) is 1.12. The molecule has 3 aromatic rings. The van der Waals surface area contributed by atoms with Crippen molar-refractivity contribution >= 4 is 11.9 Å². The number of phenolic OH excluding ortho intramolecular Hbond substituents is 1. The number of aromatic hydroxyl groups is 1. The van der Waals surface area contributed by atoms with Gasteiger partial charge in [0, 0.05) is 18.2 Å². The first-order valence-corrected chi connectivity index (χ1v) is 11.4. The van der Waals surface area contributed by atoms with Gasteiger partial charge >= 0.3 is 6.09 Å². The number of Topliss-reactive ketones (excluding diaryl/α,β-unsaturated/α-hetero) is 1. The second-order valence-corrected chi connectivity index (χ2v) is 9.78. The Hall–Kier alpha value is -3.91. The van der Waals surface area contributed by atoms with E-state index in [1.54, 1.807) is 25.3 Å². The molecule has 0 radical (unpaired) electrons. The van der Waals surface area contributed by atoms with Gasteiger partial charge in [-0.15, -0.1) is 5.48 Å². The SMILES string of the molecule is Cc1c(OCc2cc(-c3cccc(C4NOC(=O)N4)c3)ccn2)ccc(C(=O)CC(C)(C)C)c1O. The first kappa shape index (κ1) is 24.2. The molecule has 1 fully saturated rings. The van der Waals surface area contributed by atoms with E-state index < -0.39 is 12.3 Å². The van der Waals surface area contributed by atoms with Gasteiger partial charge in [-0.3, -0.25) is 15.1 Å². The summed E-state index contributed by atoms with van der Waals surface area (Å²) in [5.74, 6) is 0.346. The molecule has 4 rings (SSSR count). The van der Waals surface area contributed by atoms with Crippen molar-refractivity contribution in [3.63, 3.8) is 0 Å². The second-order valence-electron chi connectivity index (χ2n) is 9.78. The number of carbonyl (C=O) groups is 2. The van der Waals surface area contributed by atoms with Gasteiger partial charge in [-0.05, 0) is 59.4 Å². The van der Waals surface area contributed by atoms with Crippen molar-refractivity contribution in [1.29, 1.82) is 0 Å². The van der Waals surface area contributed by atoms with E-state index in [0.29, 0.717) is 29.0 Å². The lowest BCUT2D eigenvalue weighted by Gasteiger charge is -2.18. The fourth-order valence-electron chi connectivity index (χ4n) is 3.87. The van der Waals surface area contributed by atoms with Crippen LogP contribution in [0.3, 0.4) is 0 Å². The summed E-state index contributed by atoms with van der Waals surface area (Å²) in [6.45, 7) is 7.88. The number of nitrogens with one attached hydrogen (secondary N) is 2. The zero-order chi connectivity index (χ0) is 25.2. The number of hydroxylamine groups is 1. The fourth-order valence-corrected chi connectivity index (χ4v) is 3.87. The van der Waals surface area contributed by atoms with Gasteiger partial charge in [0.05, 0.1) is 11.3 Å². The van der Waals surface area contributed by atoms with Gasteiger partial charge in [-0.2, -0.15) is 0 Å². The molecule has 2 aromatic carbocycles. The first-order valence-electron chi connectivity index (χ1n) is 11.4. The zero-order valence-electron chi connectivity index (χ0n) is 20.2. The van der Waals surface area contributed by atoms with Crippen molar-refractivity contribution in [2.45, 2.75) is 46.9 Å². The van der Waals surface area contributed by atoms with Gasteiger partial charge in [0.15, 0.2) is 5.78 Å². The molecule has 35 heavy (non-hydrogen) atoms. The van der Waals surface area contributed by atoms with Crippen LogP contribution in [0.1, 0.15) is 60.5 Å². The molecule has 1 unspecified atom stereocenters. The molecule has 1 aliphatic rings. The van der Waals surface area contributed by atoms with Crippen LogP contribution >= 0.6 is 0 Å². The lowest BCUT2D eigenvalue weighted by molar-refractivity contribution is 0.0937. The molecule has 8 heteroatoms. The number of nitrogens with zero attached hydrogens (tertiary/aromatic N) is 1. The van der Waals surface area contributed by atoms with Crippen molar-refractivity contribution in [3.8, 4) is 22.6 Å². The fraction of sp³-hybridized carbons (Fsp3) is 0.296. The molecule has 182 valence electrons. The van der Waals surface area contributed by atoms with Gasteiger partial charge in [0.1, 0.15) is 24.3 Å². The number of phenols is 1. The molecule has 1 amide bonds. The Morgan fingerprint density at radius 2 is 1.91 bits per heavy atom. The summed E-state index contributed by atoms with van der Waals surface area (Å²) in [5, 5.41) is 13.3. The number of pyridine rings is 1. The zero-order valence-corrected chi connectivity index (χ0v) is 20.2. The molecule has 1 saturated heterocycles. The van der Waals surface area contributed by atoms with E-state index >= 15 is 0 Å². The van der Waals surface area contributed by atoms with Gasteiger partial charge in [-0.25, -0.2) is 4.79 Å². The number of ether oxygens (including phenoxy) is 1. The average molecular weight is 476 g/mol. The number of hydrogen-bond acceptors (Lipinski definition) is 7. The minimum absolute atomic E-state index is 0.0492. The van der Waals surface area contributed by atoms with E-state index in [2.05, 4.69) is 15.8 Å². The van der Waals surface area contributed by atoms with Crippen molar-refractivity contribution in [2.75, 3.05) is 0 Å². The summed E-state index contributed by atoms with van der Waals surface area (Å²) in [6, 6.07) is 14.9. The van der Waals surface area contributed by atoms with Crippen molar-refractivity contribution in [2.24, 2.45) is 5.41 Å². The van der Waals surface area contributed by atoms with Crippen molar-refractivity contribution < 1.29 is 24.3 Å². The summed E-state index contributed by atoms with van der Waals surface area (Å²) in [4.78, 5) is 33.0. The predicted molar refractivity (Wildman–Crippen MR) is 131 cm³/mol. The van der Waals surface area contributed by atoms with E-state index in [-0.39, 0.29) is 23.6 Å². The number of benzene rings is 2. The summed E-state index contributed by atoms with van der Waals surface area (Å²) >= 11 is 0. The third kappa shape index (κ3) is 5.78. The molecule has 0 spiro atoms. The van der Waals surface area contributed by atoms with Crippen LogP contribution in [0.5, 0.6) is 11.5 Å². The maximum absolute atomic E-state index is 12.6. The van der Waals surface area contributed by atoms with Crippen molar-refractivity contribution in [3.05, 3.63) is 77.1 Å². The highest BCUT2D eigenvalue weighted by Crippen LogP contribution is 2.33. The van der Waals surface area contributed by atoms with Crippen LogP contribution < -0.4 is 15.5 Å². The molecule has 1 atom stereocenters. The number of ketones is 1. The first-order chi connectivity index (χ1) is 16.6. The Morgan fingerprint density at radius 1 is 1.14 bits per heavy atom. The van der Waals surface area contributed by atoms with Crippen LogP contribution in [0.15, 0.2) is 54.7 Å². The molecule has 1 aromatic heterocycles. The normalized spacial score (nSPS) is 15.4. The molecule has 1 aliphatic heterocycles. The Labute approximate surface area is 204 Å². The van der Waals surface area contributed by atoms with Crippen LogP contribution in [-0.4, -0.2) is 22.0 Å². The van der Waals surface area contributed by atoms with Gasteiger partial charge < -0.3 is 14.7 Å². The smallest absolute Gasteiger partial charge is 0.427 e. The highest BCUT2D eigenvalue weighted by Gasteiger charge is 2.24. The van der Waals surface area contributed by atoms with Crippen LogP contribution in [0.25, 0.3) is 11.1 Å². The maximum Gasteiger partial charge on any atom is 0.427 e. The van der Waals surface area contributed by atoms with Gasteiger partial charge in [0.2, 0.25) is 0 Å². The number of carbonyl (C=O) groups excluding carboxylic acids is 2. The Kier molecular flexibility index (Phi) is 6.75. The summed E-state index contributed by atoms with van der Waals surface area (Å²) in [5.41, 5.74) is 6.75. The number of amides is 1. The molecule has 2 heterocycles. The summed E-state index contributed by atoms with van der Waals surface area (Å²) in [7, 11) is 0. The predicted octanol–water partition coefficient (Wildman–Crippen LogP) is 5.20. The number of aromatic nitrogens is 1. The minimum Gasteiger partial charge on any atom is -0.507 e. The second kappa shape index (κ2) is 9.76. The van der Waals surface area contributed by atoms with Crippen LogP contribution in [-0.2, 0) is 11.4 Å². The molecular weight excluding hydrogens is 446 g/mol. The Bertz CT molecular complexity index is 1270. The molecule has 8 nitrogen and oxygen atoms in total. The van der Waals surface area contributed by atoms with Crippen LogP contribution in [0.4, 0.5) is 4.79 Å². The standard InChI is InChI=1S/C27H29N3O5/c1-16-23(9-8-21(24(16)32)22(31)14-27(2,3)4)34-15-20-13-18(10-11-28-20)17-6-5-7-19(12-17)25-29-26(33)35-30-25/h5-13,25,30,32H,14-15H2,1-4H3,(H,29,33). The lowest BCUT2D eigenvalue weighted by Crippen LogP contribution is -2.22. The topological polar surface area (TPSA) is 110 Å². The molecule has 0 saturated carbocycles. The lowest BCUT2D eigenvalue weighted by atomic mass is 9.87. The largest absolute Gasteiger partial charge is 0.507 e. The molecule has 3 N–H and O–H groups in total. The van der Waals surface area contributed by atoms with Crippen molar-refractivity contribution in [1.82, 2.24) is 15.8 Å². The minimum atomic E-state index is -0.517. The van der Waals surface area contributed by atoms with E-state index in [1.165, 1.54) is 0 Å². The van der Waals surface area contributed by atoms with Crippen LogP contribution in [0.2, 0.25) is 0 Å². The number of rotatable bonds is 7. The van der Waals surface area contributed by atoms with E-state index in [1.807, 2.05) is 57.2 Å². The quantitative estimate of drug-likeness (QED) is 0.403. The van der Waals surface area contributed by atoms with E-state index in [9.17, 15) is 14.7 Å².